The van der Waals surface area contributed by atoms with Crippen LogP contribution in [0.1, 0.15) is 31.1 Å². The summed E-state index contributed by atoms with van der Waals surface area (Å²) in [5.74, 6) is 0. The third-order valence-electron chi connectivity index (χ3n) is 2.66. The van der Waals surface area contributed by atoms with Crippen molar-refractivity contribution in [3.63, 3.8) is 0 Å². The first kappa shape index (κ1) is 10.8. The van der Waals surface area contributed by atoms with Crippen LogP contribution in [0.5, 0.6) is 0 Å². The average Bonchev–Trinajstić information content (AvgIpc) is 2.87. The minimum atomic E-state index is 0.230. The fraction of sp³-hybridized carbons (Fsp3) is 0.417. The molecule has 0 aliphatic heterocycles. The molecule has 1 unspecified atom stereocenters. The van der Waals surface area contributed by atoms with Gasteiger partial charge in [-0.2, -0.15) is 5.10 Å². The molecule has 2 rings (SSSR count). The molecule has 86 valence electrons. The molecule has 0 aromatic carbocycles. The van der Waals surface area contributed by atoms with Crippen molar-refractivity contribution >= 4 is 5.69 Å². The number of aromatic nitrogens is 2. The predicted molar refractivity (Wildman–Crippen MR) is 63.3 cm³/mol. The summed E-state index contributed by atoms with van der Waals surface area (Å²) < 4.78 is 6.91. The van der Waals surface area contributed by atoms with Gasteiger partial charge >= 0.3 is 0 Å². The molecule has 2 aromatic heterocycles. The second-order valence-corrected chi connectivity index (χ2v) is 3.94. The van der Waals surface area contributed by atoms with Gasteiger partial charge in [-0.25, -0.2) is 0 Å². The molecular weight excluding hydrogens is 202 g/mol. The van der Waals surface area contributed by atoms with Crippen molar-refractivity contribution in [1.82, 2.24) is 9.78 Å². The Labute approximate surface area is 95.3 Å². The molecule has 1 N–H and O–H groups in total. The number of hydrogen-bond acceptors (Lipinski definition) is 3. The molecule has 4 heteroatoms. The van der Waals surface area contributed by atoms with Gasteiger partial charge in [-0.3, -0.25) is 4.68 Å². The number of rotatable bonds is 4. The quantitative estimate of drug-likeness (QED) is 0.859. The van der Waals surface area contributed by atoms with E-state index in [0.717, 1.165) is 23.4 Å². The van der Waals surface area contributed by atoms with Crippen molar-refractivity contribution < 1.29 is 4.42 Å². The van der Waals surface area contributed by atoms with E-state index in [1.165, 1.54) is 0 Å². The maximum Gasteiger partial charge on any atom is 0.0955 e. The molecule has 16 heavy (non-hydrogen) atoms. The van der Waals surface area contributed by atoms with Gasteiger partial charge in [0.1, 0.15) is 0 Å². The lowest BCUT2D eigenvalue weighted by atomic mass is 10.1. The van der Waals surface area contributed by atoms with E-state index in [2.05, 4.69) is 24.3 Å². The van der Waals surface area contributed by atoms with Crippen molar-refractivity contribution in [2.75, 3.05) is 5.32 Å². The summed E-state index contributed by atoms with van der Waals surface area (Å²) in [5, 5.41) is 7.84. The highest BCUT2D eigenvalue weighted by Gasteiger charge is 2.11. The van der Waals surface area contributed by atoms with Gasteiger partial charge in [-0.15, -0.1) is 0 Å². The van der Waals surface area contributed by atoms with E-state index in [-0.39, 0.29) is 6.04 Å². The van der Waals surface area contributed by atoms with Gasteiger partial charge in [0, 0.05) is 18.8 Å². The minimum Gasteiger partial charge on any atom is -0.472 e. The Balaban J connectivity index is 2.14. The van der Waals surface area contributed by atoms with Gasteiger partial charge in [0.05, 0.1) is 29.9 Å². The van der Waals surface area contributed by atoms with Gasteiger partial charge in [-0.05, 0) is 19.4 Å². The second-order valence-electron chi connectivity index (χ2n) is 3.94. The number of nitrogens with zero attached hydrogens (tertiary/aromatic N) is 2. The first-order valence-corrected chi connectivity index (χ1v) is 5.52. The van der Waals surface area contributed by atoms with Crippen LogP contribution >= 0.6 is 0 Å². The van der Waals surface area contributed by atoms with E-state index in [0.29, 0.717) is 0 Å². The summed E-state index contributed by atoms with van der Waals surface area (Å²) in [4.78, 5) is 0. The maximum atomic E-state index is 5.07. The van der Waals surface area contributed by atoms with Crippen molar-refractivity contribution in [2.24, 2.45) is 7.05 Å². The van der Waals surface area contributed by atoms with Crippen molar-refractivity contribution in [1.29, 1.82) is 0 Å². The molecule has 1 atom stereocenters. The molecule has 2 aromatic rings. The molecule has 0 aliphatic rings. The van der Waals surface area contributed by atoms with Crippen molar-refractivity contribution in [3.05, 3.63) is 36.0 Å². The van der Waals surface area contributed by atoms with E-state index in [1.54, 1.807) is 12.5 Å². The largest absolute Gasteiger partial charge is 0.472 e. The Morgan fingerprint density at radius 3 is 3.00 bits per heavy atom. The Bertz CT molecular complexity index is 445. The first-order chi connectivity index (χ1) is 7.70. The Morgan fingerprint density at radius 2 is 2.38 bits per heavy atom. The van der Waals surface area contributed by atoms with E-state index < -0.39 is 0 Å². The number of hydrogen-bond donors (Lipinski definition) is 1. The van der Waals surface area contributed by atoms with Crippen LogP contribution in [-0.4, -0.2) is 9.78 Å². The molecular formula is C12H17N3O. The van der Waals surface area contributed by atoms with Crippen LogP contribution in [0.2, 0.25) is 0 Å². The summed E-state index contributed by atoms with van der Waals surface area (Å²) >= 11 is 0. The van der Waals surface area contributed by atoms with Crippen molar-refractivity contribution in [2.45, 2.75) is 26.3 Å². The van der Waals surface area contributed by atoms with Gasteiger partial charge < -0.3 is 9.73 Å². The lowest BCUT2D eigenvalue weighted by Gasteiger charge is -2.12. The average molecular weight is 219 g/mol. The molecule has 0 spiro atoms. The standard InChI is InChI=1S/C12H17N3O/c1-4-11-12(7-15(3)14-11)13-9(2)10-5-6-16-8-10/h5-9,13H,4H2,1-3H3. The number of anilines is 1. The molecule has 0 fully saturated rings. The lowest BCUT2D eigenvalue weighted by Crippen LogP contribution is -2.06. The minimum absolute atomic E-state index is 0.230. The third-order valence-corrected chi connectivity index (χ3v) is 2.66. The summed E-state index contributed by atoms with van der Waals surface area (Å²) in [7, 11) is 1.94. The summed E-state index contributed by atoms with van der Waals surface area (Å²) in [6.45, 7) is 4.22. The normalized spacial score (nSPS) is 12.7. The lowest BCUT2D eigenvalue weighted by molar-refractivity contribution is 0.562. The van der Waals surface area contributed by atoms with E-state index >= 15 is 0 Å². The van der Waals surface area contributed by atoms with Crippen molar-refractivity contribution in [3.8, 4) is 0 Å². The zero-order chi connectivity index (χ0) is 11.5. The van der Waals surface area contributed by atoms with Crippen LogP contribution in [0.4, 0.5) is 5.69 Å². The van der Waals surface area contributed by atoms with E-state index in [9.17, 15) is 0 Å². The van der Waals surface area contributed by atoms with Crippen LogP contribution in [0.15, 0.2) is 29.2 Å². The Morgan fingerprint density at radius 1 is 1.56 bits per heavy atom. The number of furan rings is 1. The second kappa shape index (κ2) is 4.43. The highest BCUT2D eigenvalue weighted by atomic mass is 16.3. The molecule has 0 bridgehead atoms. The predicted octanol–water partition coefficient (Wildman–Crippen LogP) is 2.75. The van der Waals surface area contributed by atoms with Gasteiger partial charge in [0.25, 0.3) is 0 Å². The molecule has 0 saturated heterocycles. The number of nitrogens with one attached hydrogen (secondary N) is 1. The molecule has 0 amide bonds. The summed E-state index contributed by atoms with van der Waals surface area (Å²) in [6, 6.07) is 2.20. The first-order valence-electron chi connectivity index (χ1n) is 5.52. The van der Waals surface area contributed by atoms with E-state index in [4.69, 9.17) is 4.42 Å². The van der Waals surface area contributed by atoms with Crippen LogP contribution in [0.3, 0.4) is 0 Å². The fourth-order valence-corrected chi connectivity index (χ4v) is 1.75. The SMILES string of the molecule is CCc1nn(C)cc1NC(C)c1ccoc1. The molecule has 0 saturated carbocycles. The van der Waals surface area contributed by atoms with Gasteiger partial charge in [0.15, 0.2) is 0 Å². The fourth-order valence-electron chi connectivity index (χ4n) is 1.75. The van der Waals surface area contributed by atoms with Crippen LogP contribution in [-0.2, 0) is 13.5 Å². The molecule has 4 nitrogen and oxygen atoms in total. The van der Waals surface area contributed by atoms with Gasteiger partial charge in [-0.1, -0.05) is 6.92 Å². The zero-order valence-electron chi connectivity index (χ0n) is 9.90. The van der Waals surface area contributed by atoms with Crippen LogP contribution < -0.4 is 5.32 Å². The maximum absolute atomic E-state index is 5.07. The van der Waals surface area contributed by atoms with E-state index in [1.807, 2.05) is 24.0 Å². The summed E-state index contributed by atoms with van der Waals surface area (Å²) in [5.41, 5.74) is 3.34. The Hall–Kier alpha value is -1.71. The molecule has 0 radical (unpaired) electrons. The molecule has 2 heterocycles. The number of aryl methyl sites for hydroxylation is 2. The third kappa shape index (κ3) is 2.10. The van der Waals surface area contributed by atoms with Crippen LogP contribution in [0.25, 0.3) is 0 Å². The smallest absolute Gasteiger partial charge is 0.0955 e. The summed E-state index contributed by atoms with van der Waals surface area (Å²) in [6.07, 6.45) is 6.40. The van der Waals surface area contributed by atoms with Gasteiger partial charge in [0.2, 0.25) is 0 Å². The topological polar surface area (TPSA) is 43.0 Å². The van der Waals surface area contributed by atoms with Crippen LogP contribution in [0, 0.1) is 0 Å². The highest BCUT2D eigenvalue weighted by Crippen LogP contribution is 2.22. The highest BCUT2D eigenvalue weighted by molar-refractivity contribution is 5.48. The zero-order valence-corrected chi connectivity index (χ0v) is 9.90. The monoisotopic (exact) mass is 219 g/mol. The Kier molecular flexibility index (Phi) is 2.99. The molecule has 0 aliphatic carbocycles.